The van der Waals surface area contributed by atoms with Gasteiger partial charge in [0.1, 0.15) is 0 Å². The maximum Gasteiger partial charge on any atom is 0.506 e. The van der Waals surface area contributed by atoms with Crippen LogP contribution >= 0.6 is 0 Å². The molecule has 1 aromatic carbocycles. The molecule has 1 unspecified atom stereocenters. The summed E-state index contributed by atoms with van der Waals surface area (Å²) < 4.78 is 47.1. The first kappa shape index (κ1) is 14.8. The molecule has 0 aliphatic carbocycles. The van der Waals surface area contributed by atoms with Crippen molar-refractivity contribution in [1.29, 1.82) is 0 Å². The lowest BCUT2D eigenvalue weighted by Crippen LogP contribution is -2.07. The molecule has 21 heavy (non-hydrogen) atoms. The highest BCUT2D eigenvalue weighted by Crippen LogP contribution is 2.32. The molecule has 0 bridgehead atoms. The fraction of sp³-hybridized carbons (Fsp3) is 0.250. The molecule has 2 rings (SSSR count). The van der Waals surface area contributed by atoms with E-state index >= 15 is 0 Å². The smallest absolute Gasteiger partial charge is 0.450 e. The van der Waals surface area contributed by atoms with Gasteiger partial charge in [0.25, 0.3) is 5.89 Å². The lowest BCUT2D eigenvalue weighted by Gasteiger charge is -2.06. The highest BCUT2D eigenvalue weighted by Gasteiger charge is 2.31. The van der Waals surface area contributed by atoms with Crippen molar-refractivity contribution >= 4 is 6.16 Å². The van der Waals surface area contributed by atoms with Crippen LogP contribution in [0.15, 0.2) is 28.8 Å². The second-order valence-corrected chi connectivity index (χ2v) is 4.06. The summed E-state index contributed by atoms with van der Waals surface area (Å²) in [4.78, 5) is 14.2. The molecule has 0 saturated heterocycles. The molecule has 0 amide bonds. The second kappa shape index (κ2) is 5.43. The van der Waals surface area contributed by atoms with Crippen LogP contribution in [0.1, 0.15) is 24.4 Å². The van der Waals surface area contributed by atoms with Crippen molar-refractivity contribution in [2.45, 2.75) is 19.2 Å². The summed E-state index contributed by atoms with van der Waals surface area (Å²) in [7, 11) is 0. The molecule has 1 atom stereocenters. The minimum atomic E-state index is -4.49. The van der Waals surface area contributed by atoms with E-state index in [-0.39, 0.29) is 17.3 Å². The fourth-order valence-electron chi connectivity index (χ4n) is 1.55. The summed E-state index contributed by atoms with van der Waals surface area (Å²) in [5.74, 6) is -0.234. The van der Waals surface area contributed by atoms with Gasteiger partial charge in [-0.3, -0.25) is 0 Å². The zero-order valence-electron chi connectivity index (χ0n) is 10.6. The zero-order chi connectivity index (χ0) is 15.6. The Kier molecular flexibility index (Phi) is 3.83. The van der Waals surface area contributed by atoms with Crippen LogP contribution in [-0.2, 0) is 10.9 Å². The predicted octanol–water partition coefficient (Wildman–Crippen LogP) is 3.51. The molecule has 0 aliphatic heterocycles. The Morgan fingerprint density at radius 1 is 1.43 bits per heavy atom. The Labute approximate surface area is 116 Å². The van der Waals surface area contributed by atoms with Gasteiger partial charge in [-0.15, -0.1) is 0 Å². The van der Waals surface area contributed by atoms with Crippen molar-refractivity contribution in [2.24, 2.45) is 0 Å². The number of alkyl halides is 3. The van der Waals surface area contributed by atoms with Crippen LogP contribution < -0.4 is 0 Å². The highest BCUT2D eigenvalue weighted by molar-refractivity contribution is 5.57. The van der Waals surface area contributed by atoms with Gasteiger partial charge in [-0.2, -0.15) is 18.2 Å². The van der Waals surface area contributed by atoms with E-state index in [4.69, 9.17) is 9.63 Å². The van der Waals surface area contributed by atoms with E-state index in [9.17, 15) is 18.0 Å². The number of hydrogen-bond donors (Lipinski definition) is 1. The van der Waals surface area contributed by atoms with Gasteiger partial charge in [-0.25, -0.2) is 4.79 Å². The van der Waals surface area contributed by atoms with Gasteiger partial charge in [0.2, 0.25) is 5.82 Å². The van der Waals surface area contributed by atoms with E-state index in [0.717, 1.165) is 12.1 Å². The molecule has 2 aromatic rings. The first-order valence-electron chi connectivity index (χ1n) is 5.68. The van der Waals surface area contributed by atoms with Gasteiger partial charge in [-0.1, -0.05) is 11.2 Å². The van der Waals surface area contributed by atoms with Crippen molar-refractivity contribution in [1.82, 2.24) is 10.1 Å². The summed E-state index contributed by atoms with van der Waals surface area (Å²) in [5, 5.41) is 11.9. The fourth-order valence-corrected chi connectivity index (χ4v) is 1.55. The van der Waals surface area contributed by atoms with Crippen molar-refractivity contribution in [3.05, 3.63) is 35.7 Å². The van der Waals surface area contributed by atoms with Gasteiger partial charge in [0.15, 0.2) is 6.10 Å². The van der Waals surface area contributed by atoms with E-state index < -0.39 is 24.0 Å². The monoisotopic (exact) mass is 302 g/mol. The lowest BCUT2D eigenvalue weighted by molar-refractivity contribution is -0.137. The third kappa shape index (κ3) is 3.50. The first-order chi connectivity index (χ1) is 9.77. The summed E-state index contributed by atoms with van der Waals surface area (Å²) in [6, 6.07) is 4.35. The van der Waals surface area contributed by atoms with E-state index in [1.54, 1.807) is 0 Å². The number of benzene rings is 1. The van der Waals surface area contributed by atoms with Gasteiger partial charge < -0.3 is 14.4 Å². The van der Waals surface area contributed by atoms with Crippen LogP contribution in [0.3, 0.4) is 0 Å². The van der Waals surface area contributed by atoms with Crippen molar-refractivity contribution in [3.63, 3.8) is 0 Å². The topological polar surface area (TPSA) is 85.5 Å². The van der Waals surface area contributed by atoms with E-state index in [1.165, 1.54) is 19.1 Å². The summed E-state index contributed by atoms with van der Waals surface area (Å²) in [5.41, 5.74) is -0.777. The minimum absolute atomic E-state index is 0.0751. The zero-order valence-corrected chi connectivity index (χ0v) is 10.6. The molecule has 0 aliphatic rings. The average Bonchev–Trinajstić information content (AvgIpc) is 2.86. The van der Waals surface area contributed by atoms with Crippen LogP contribution in [0.5, 0.6) is 0 Å². The largest absolute Gasteiger partial charge is 0.506 e. The first-order valence-corrected chi connectivity index (χ1v) is 5.68. The number of rotatable bonds is 3. The van der Waals surface area contributed by atoms with Crippen LogP contribution in [0.4, 0.5) is 18.0 Å². The number of carboxylic acid groups (broad SMARTS) is 1. The van der Waals surface area contributed by atoms with Crippen molar-refractivity contribution in [2.75, 3.05) is 0 Å². The van der Waals surface area contributed by atoms with Crippen LogP contribution in [-0.4, -0.2) is 21.4 Å². The van der Waals surface area contributed by atoms with Crippen LogP contribution in [0, 0.1) is 0 Å². The maximum atomic E-state index is 12.6. The molecule has 0 radical (unpaired) electrons. The Hall–Kier alpha value is -2.58. The van der Waals surface area contributed by atoms with Gasteiger partial charge in [0.05, 0.1) is 5.56 Å². The lowest BCUT2D eigenvalue weighted by atomic mass is 10.1. The van der Waals surface area contributed by atoms with Gasteiger partial charge in [-0.05, 0) is 25.1 Å². The molecular formula is C12H9F3N2O4. The van der Waals surface area contributed by atoms with Crippen molar-refractivity contribution in [3.8, 4) is 11.5 Å². The third-order valence-electron chi connectivity index (χ3n) is 2.52. The van der Waals surface area contributed by atoms with Crippen LogP contribution in [0.2, 0.25) is 0 Å². The van der Waals surface area contributed by atoms with E-state index in [2.05, 4.69) is 14.9 Å². The Morgan fingerprint density at radius 3 is 2.76 bits per heavy atom. The molecule has 6 nitrogen and oxygen atoms in total. The summed E-state index contributed by atoms with van der Waals surface area (Å²) >= 11 is 0. The second-order valence-electron chi connectivity index (χ2n) is 4.06. The van der Waals surface area contributed by atoms with Crippen LogP contribution in [0.25, 0.3) is 11.5 Å². The van der Waals surface area contributed by atoms with Crippen molar-refractivity contribution < 1.29 is 32.3 Å². The summed E-state index contributed by atoms with van der Waals surface area (Å²) in [6.07, 6.45) is -7.00. The SMILES string of the molecule is CC(OC(=O)O)c1noc(-c2cccc(C(F)(F)F)c2)n1. The molecule has 0 spiro atoms. The van der Waals surface area contributed by atoms with Gasteiger partial charge in [0, 0.05) is 5.56 Å². The molecule has 0 saturated carbocycles. The number of ether oxygens (including phenoxy) is 1. The van der Waals surface area contributed by atoms with E-state index in [0.29, 0.717) is 0 Å². The maximum absolute atomic E-state index is 12.6. The number of nitrogens with zero attached hydrogens (tertiary/aromatic N) is 2. The average molecular weight is 302 g/mol. The Morgan fingerprint density at radius 2 is 2.14 bits per heavy atom. The molecule has 0 fully saturated rings. The Bertz CT molecular complexity index is 654. The number of carbonyl (C=O) groups is 1. The summed E-state index contributed by atoms with van der Waals surface area (Å²) in [6.45, 7) is 1.37. The predicted molar refractivity (Wildman–Crippen MR) is 62.3 cm³/mol. The highest BCUT2D eigenvalue weighted by atomic mass is 19.4. The molecule has 9 heteroatoms. The minimum Gasteiger partial charge on any atom is -0.450 e. The van der Waals surface area contributed by atoms with E-state index in [1.807, 2.05) is 0 Å². The number of hydrogen-bond acceptors (Lipinski definition) is 5. The number of halogens is 3. The normalized spacial score (nSPS) is 13.0. The number of aromatic nitrogens is 2. The quantitative estimate of drug-likeness (QED) is 0.873. The standard InChI is InChI=1S/C12H9F3N2O4/c1-6(20-11(18)19)9-16-10(21-17-9)7-3-2-4-8(5-7)12(13,14)15/h2-6H,1H3,(H,18,19). The van der Waals surface area contributed by atoms with Gasteiger partial charge >= 0.3 is 12.3 Å². The molecule has 1 aromatic heterocycles. The molecule has 1 N–H and O–H groups in total. The molecular weight excluding hydrogens is 293 g/mol. The Balaban J connectivity index is 2.28. The molecule has 1 heterocycles. The molecule has 112 valence electrons. The third-order valence-corrected chi connectivity index (χ3v) is 2.52.